The number of hydrogen-bond donors (Lipinski definition) is 1. The van der Waals surface area contributed by atoms with Crippen molar-refractivity contribution in [3.05, 3.63) is 72.4 Å². The van der Waals surface area contributed by atoms with Crippen LogP contribution < -0.4 is 5.32 Å². The smallest absolute Gasteiger partial charge is 0.248 e. The highest BCUT2D eigenvalue weighted by atomic mass is 19.1. The lowest BCUT2D eigenvalue weighted by atomic mass is 10.2. The van der Waals surface area contributed by atoms with Crippen molar-refractivity contribution in [1.29, 1.82) is 0 Å². The van der Waals surface area contributed by atoms with Crippen molar-refractivity contribution in [2.75, 3.05) is 13.3 Å². The van der Waals surface area contributed by atoms with Crippen LogP contribution >= 0.6 is 0 Å². The van der Waals surface area contributed by atoms with E-state index in [0.717, 1.165) is 5.56 Å². The Labute approximate surface area is 129 Å². The summed E-state index contributed by atoms with van der Waals surface area (Å²) >= 11 is 0. The van der Waals surface area contributed by atoms with Crippen molar-refractivity contribution in [2.45, 2.75) is 6.92 Å². The zero-order valence-electron chi connectivity index (χ0n) is 12.5. The minimum absolute atomic E-state index is 0.0622. The molecule has 0 fully saturated rings. The molecule has 1 aromatic rings. The molecule has 0 spiro atoms. The van der Waals surface area contributed by atoms with Crippen molar-refractivity contribution in [3.63, 3.8) is 0 Å². The average molecular weight is 302 g/mol. The summed E-state index contributed by atoms with van der Waals surface area (Å²) in [5.41, 5.74) is 1.33. The minimum atomic E-state index is -0.591. The number of carbonyl (C=O) groups is 1. The fourth-order valence-electron chi connectivity index (χ4n) is 1.52. The molecule has 0 aliphatic heterocycles. The molecule has 116 valence electrons. The largest absolute Gasteiger partial charge is 0.491 e. The van der Waals surface area contributed by atoms with Crippen molar-refractivity contribution >= 4 is 12.0 Å². The zero-order valence-corrected chi connectivity index (χ0v) is 12.5. The Kier molecular flexibility index (Phi) is 7.97. The van der Waals surface area contributed by atoms with Crippen LogP contribution in [-0.4, -0.2) is 24.2 Å². The van der Waals surface area contributed by atoms with Crippen molar-refractivity contribution < 1.29 is 13.9 Å². The van der Waals surface area contributed by atoms with Crippen LogP contribution in [-0.2, 0) is 9.53 Å². The molecule has 0 radical (unpaired) electrons. The summed E-state index contributed by atoms with van der Waals surface area (Å²) < 4.78 is 17.0. The molecular formula is C17H19FN2O2. The number of carbonyl (C=O) groups excluding carboxylic acids is 1. The molecule has 5 heteroatoms. The Morgan fingerprint density at radius 1 is 1.50 bits per heavy atom. The summed E-state index contributed by atoms with van der Waals surface area (Å²) in [6, 6.07) is 3.63. The van der Waals surface area contributed by atoms with Gasteiger partial charge < -0.3 is 10.1 Å². The third-order valence-electron chi connectivity index (χ3n) is 2.41. The molecule has 0 saturated heterocycles. The normalized spacial score (nSPS) is 11.8. The molecule has 0 aliphatic carbocycles. The first-order valence-electron chi connectivity index (χ1n) is 6.77. The van der Waals surface area contributed by atoms with Crippen LogP contribution in [0.4, 0.5) is 4.39 Å². The molecule has 0 aliphatic rings. The molecule has 0 unspecified atom stereocenters. The fourth-order valence-corrected chi connectivity index (χ4v) is 1.52. The van der Waals surface area contributed by atoms with Crippen molar-refractivity contribution in [2.24, 2.45) is 0 Å². The van der Waals surface area contributed by atoms with Crippen LogP contribution in [0.15, 0.2) is 66.9 Å². The van der Waals surface area contributed by atoms with E-state index in [4.69, 9.17) is 4.74 Å². The van der Waals surface area contributed by atoms with Gasteiger partial charge in [-0.1, -0.05) is 18.7 Å². The Balaban J connectivity index is 2.66. The molecule has 4 nitrogen and oxygen atoms in total. The molecular weight excluding hydrogens is 283 g/mol. The number of rotatable bonds is 8. The third kappa shape index (κ3) is 7.19. The lowest BCUT2D eigenvalue weighted by Crippen LogP contribution is -2.19. The quantitative estimate of drug-likeness (QED) is 0.456. The maximum atomic E-state index is 12.0. The number of nitrogens with zero attached hydrogens (tertiary/aromatic N) is 1. The number of aromatic nitrogens is 1. The molecule has 1 rings (SSSR count). The second kappa shape index (κ2) is 10.1. The summed E-state index contributed by atoms with van der Waals surface area (Å²) in [6.07, 6.45) is 11.4. The summed E-state index contributed by atoms with van der Waals surface area (Å²) in [7, 11) is 0. The Bertz CT molecular complexity index is 578. The molecule has 1 heterocycles. The number of nitrogens with one attached hydrogen (secondary N) is 1. The number of ether oxygens (including phenoxy) is 1. The zero-order chi connectivity index (χ0) is 16.2. The molecule has 0 atom stereocenters. The van der Waals surface area contributed by atoms with Gasteiger partial charge in [-0.2, -0.15) is 0 Å². The van der Waals surface area contributed by atoms with E-state index in [1.54, 1.807) is 36.7 Å². The summed E-state index contributed by atoms with van der Waals surface area (Å²) in [5, 5.41) is 2.69. The minimum Gasteiger partial charge on any atom is -0.491 e. The van der Waals surface area contributed by atoms with E-state index in [1.165, 1.54) is 12.2 Å². The van der Waals surface area contributed by atoms with Crippen LogP contribution in [0.3, 0.4) is 0 Å². The van der Waals surface area contributed by atoms with Gasteiger partial charge in [0.1, 0.15) is 19.0 Å². The fraction of sp³-hybridized carbons (Fsp3) is 0.176. The molecule has 0 bridgehead atoms. The van der Waals surface area contributed by atoms with Gasteiger partial charge in [0.15, 0.2) is 0 Å². The van der Waals surface area contributed by atoms with Crippen LogP contribution in [0.2, 0.25) is 0 Å². The van der Waals surface area contributed by atoms with Gasteiger partial charge in [-0.05, 0) is 30.7 Å². The molecule has 22 heavy (non-hydrogen) atoms. The highest BCUT2D eigenvalue weighted by molar-refractivity contribution is 5.93. The lowest BCUT2D eigenvalue weighted by molar-refractivity contribution is -0.115. The Morgan fingerprint density at radius 3 is 2.95 bits per heavy atom. The van der Waals surface area contributed by atoms with Gasteiger partial charge in [0.05, 0.1) is 0 Å². The van der Waals surface area contributed by atoms with E-state index in [0.29, 0.717) is 5.70 Å². The molecule has 1 aromatic heterocycles. The summed E-state index contributed by atoms with van der Waals surface area (Å²) in [4.78, 5) is 15.8. The van der Waals surface area contributed by atoms with E-state index in [-0.39, 0.29) is 18.3 Å². The first-order chi connectivity index (χ1) is 10.7. The molecule has 1 amide bonds. The lowest BCUT2D eigenvalue weighted by Gasteiger charge is -2.06. The van der Waals surface area contributed by atoms with Crippen LogP contribution in [0, 0.1) is 0 Å². The van der Waals surface area contributed by atoms with Crippen molar-refractivity contribution in [3.8, 4) is 0 Å². The van der Waals surface area contributed by atoms with E-state index >= 15 is 0 Å². The number of halogens is 1. The highest BCUT2D eigenvalue weighted by Gasteiger charge is 2.00. The van der Waals surface area contributed by atoms with Crippen LogP contribution in [0.1, 0.15) is 12.5 Å². The summed E-state index contributed by atoms with van der Waals surface area (Å²) in [6.45, 7) is 4.80. The van der Waals surface area contributed by atoms with Crippen molar-refractivity contribution in [1.82, 2.24) is 10.3 Å². The predicted molar refractivity (Wildman–Crippen MR) is 85.4 cm³/mol. The SMILES string of the molecule is C=C(/C=C(\C=C/C)NC(=O)/C=C/c1cccnc1)OCCF. The molecule has 0 aromatic carbocycles. The van der Waals surface area contributed by atoms with Gasteiger partial charge in [-0.15, -0.1) is 0 Å². The van der Waals surface area contributed by atoms with Gasteiger partial charge in [0, 0.05) is 30.2 Å². The van der Waals surface area contributed by atoms with Gasteiger partial charge in [0.25, 0.3) is 0 Å². The van der Waals surface area contributed by atoms with E-state index in [9.17, 15) is 9.18 Å². The topological polar surface area (TPSA) is 51.2 Å². The van der Waals surface area contributed by atoms with Gasteiger partial charge in [0.2, 0.25) is 5.91 Å². The summed E-state index contributed by atoms with van der Waals surface area (Å²) in [5.74, 6) is -0.0196. The van der Waals surface area contributed by atoms with Gasteiger partial charge >= 0.3 is 0 Å². The average Bonchev–Trinajstić information content (AvgIpc) is 2.52. The third-order valence-corrected chi connectivity index (χ3v) is 2.41. The number of allylic oxidation sites excluding steroid dienone is 3. The maximum absolute atomic E-state index is 12.0. The highest BCUT2D eigenvalue weighted by Crippen LogP contribution is 2.03. The first kappa shape index (κ1) is 17.4. The number of hydrogen-bond acceptors (Lipinski definition) is 3. The first-order valence-corrected chi connectivity index (χ1v) is 6.77. The molecule has 0 saturated carbocycles. The van der Waals surface area contributed by atoms with E-state index < -0.39 is 6.67 Å². The predicted octanol–water partition coefficient (Wildman–Crippen LogP) is 3.17. The second-order valence-electron chi connectivity index (χ2n) is 4.21. The Hall–Kier alpha value is -2.69. The number of pyridine rings is 1. The van der Waals surface area contributed by atoms with E-state index in [2.05, 4.69) is 16.9 Å². The van der Waals surface area contributed by atoms with Gasteiger partial charge in [-0.25, -0.2) is 4.39 Å². The van der Waals surface area contributed by atoms with Gasteiger partial charge in [-0.3, -0.25) is 9.78 Å². The number of amides is 1. The monoisotopic (exact) mass is 302 g/mol. The van der Waals surface area contributed by atoms with Crippen LogP contribution in [0.25, 0.3) is 6.08 Å². The van der Waals surface area contributed by atoms with E-state index in [1.807, 2.05) is 13.0 Å². The molecule has 1 N–H and O–H groups in total. The standard InChI is InChI=1S/C17H19FN2O2/c1-3-5-16(12-14(2)22-11-9-18)20-17(21)8-7-15-6-4-10-19-13-15/h3-8,10,12-13H,2,9,11H2,1H3,(H,20,21)/b5-3-,8-7+,16-12+. The maximum Gasteiger partial charge on any atom is 0.248 e. The second-order valence-corrected chi connectivity index (χ2v) is 4.21. The Morgan fingerprint density at radius 2 is 2.32 bits per heavy atom. The number of alkyl halides is 1. The van der Waals surface area contributed by atoms with Crippen LogP contribution in [0.5, 0.6) is 0 Å².